The molecule has 14 heavy (non-hydrogen) atoms. The maximum absolute atomic E-state index is 9.75. The zero-order valence-corrected chi connectivity index (χ0v) is 8.18. The average Bonchev–Trinajstić information content (AvgIpc) is 3.02. The number of hydrogen-bond donors (Lipinski definition) is 1. The smallest absolute Gasteiger partial charge is 0.233 e. The molecular formula is C10H14N2O2. The van der Waals surface area contributed by atoms with E-state index in [-0.39, 0.29) is 0 Å². The molecule has 0 bridgehead atoms. The maximum Gasteiger partial charge on any atom is 0.233 e. The van der Waals surface area contributed by atoms with E-state index >= 15 is 0 Å². The highest BCUT2D eigenvalue weighted by Crippen LogP contribution is 2.37. The van der Waals surface area contributed by atoms with E-state index in [4.69, 9.17) is 4.74 Å². The lowest BCUT2D eigenvalue weighted by atomic mass is 10.1. The van der Waals surface area contributed by atoms with Gasteiger partial charge in [-0.15, -0.1) is 10.2 Å². The third-order valence-electron chi connectivity index (χ3n) is 2.46. The molecule has 0 aromatic carbocycles. The fraction of sp³-hybridized carbons (Fsp3) is 0.600. The second-order valence-corrected chi connectivity index (χ2v) is 3.70. The van der Waals surface area contributed by atoms with Gasteiger partial charge in [0, 0.05) is 6.07 Å². The second-order valence-electron chi connectivity index (χ2n) is 3.70. The molecule has 0 amide bonds. The highest BCUT2D eigenvalue weighted by atomic mass is 16.5. The number of aromatic nitrogens is 2. The van der Waals surface area contributed by atoms with Gasteiger partial charge in [-0.2, -0.15) is 0 Å². The number of rotatable bonds is 4. The van der Waals surface area contributed by atoms with Crippen molar-refractivity contribution in [3.63, 3.8) is 0 Å². The first-order valence-corrected chi connectivity index (χ1v) is 4.85. The summed E-state index contributed by atoms with van der Waals surface area (Å²) in [5, 5.41) is 17.5. The molecule has 1 aromatic rings. The number of methoxy groups -OCH3 is 1. The van der Waals surface area contributed by atoms with Crippen LogP contribution in [0.2, 0.25) is 0 Å². The maximum atomic E-state index is 9.75. The standard InChI is InChI=1S/C10H14N2O2/c1-14-10-5-4-8(11-12-10)9(13)6-7-2-3-7/h4-5,7,9,13H,2-3,6H2,1H3. The molecule has 76 valence electrons. The third-order valence-corrected chi connectivity index (χ3v) is 2.46. The number of ether oxygens (including phenoxy) is 1. The van der Waals surface area contributed by atoms with E-state index in [2.05, 4.69) is 10.2 Å². The quantitative estimate of drug-likeness (QED) is 0.785. The molecule has 1 aliphatic carbocycles. The zero-order valence-electron chi connectivity index (χ0n) is 8.18. The van der Waals surface area contributed by atoms with Crippen LogP contribution in [-0.4, -0.2) is 22.4 Å². The van der Waals surface area contributed by atoms with E-state index in [0.717, 1.165) is 6.42 Å². The van der Waals surface area contributed by atoms with Crippen LogP contribution in [0.1, 0.15) is 31.1 Å². The van der Waals surface area contributed by atoms with Crippen LogP contribution in [0.5, 0.6) is 5.88 Å². The summed E-state index contributed by atoms with van der Waals surface area (Å²) in [5.74, 6) is 1.17. The number of nitrogens with zero attached hydrogens (tertiary/aromatic N) is 2. The molecule has 1 fully saturated rings. The number of hydrogen-bond acceptors (Lipinski definition) is 4. The Balaban J connectivity index is 1.99. The Kier molecular flexibility index (Phi) is 2.63. The van der Waals surface area contributed by atoms with E-state index in [0.29, 0.717) is 17.5 Å². The van der Waals surface area contributed by atoms with Gasteiger partial charge < -0.3 is 9.84 Å². The van der Waals surface area contributed by atoms with Crippen molar-refractivity contribution in [2.24, 2.45) is 5.92 Å². The Hall–Kier alpha value is -1.16. The van der Waals surface area contributed by atoms with Crippen LogP contribution in [0.25, 0.3) is 0 Å². The lowest BCUT2D eigenvalue weighted by molar-refractivity contribution is 0.154. The van der Waals surface area contributed by atoms with Crippen molar-refractivity contribution in [1.82, 2.24) is 10.2 Å². The normalized spacial score (nSPS) is 17.9. The van der Waals surface area contributed by atoms with E-state index in [1.807, 2.05) is 0 Å². The van der Waals surface area contributed by atoms with Crippen molar-refractivity contribution in [2.75, 3.05) is 7.11 Å². The molecule has 1 saturated carbocycles. The minimum Gasteiger partial charge on any atom is -0.480 e. The SMILES string of the molecule is COc1ccc(C(O)CC2CC2)nn1. The molecule has 1 N–H and O–H groups in total. The lowest BCUT2D eigenvalue weighted by Gasteiger charge is -2.08. The molecule has 4 heteroatoms. The van der Waals surface area contributed by atoms with Gasteiger partial charge >= 0.3 is 0 Å². The van der Waals surface area contributed by atoms with Crippen LogP contribution in [0, 0.1) is 5.92 Å². The largest absolute Gasteiger partial charge is 0.480 e. The van der Waals surface area contributed by atoms with Crippen LogP contribution in [-0.2, 0) is 0 Å². The minimum atomic E-state index is -0.471. The Morgan fingerprint density at radius 3 is 2.79 bits per heavy atom. The predicted octanol–water partition coefficient (Wildman–Crippen LogP) is 1.32. The van der Waals surface area contributed by atoms with Gasteiger partial charge in [-0.1, -0.05) is 12.8 Å². The van der Waals surface area contributed by atoms with E-state index in [9.17, 15) is 5.11 Å². The molecule has 1 aromatic heterocycles. The van der Waals surface area contributed by atoms with Gasteiger partial charge in [0.15, 0.2) is 0 Å². The van der Waals surface area contributed by atoms with Crippen LogP contribution >= 0.6 is 0 Å². The first-order valence-electron chi connectivity index (χ1n) is 4.85. The first-order chi connectivity index (χ1) is 6.79. The van der Waals surface area contributed by atoms with Crippen molar-refractivity contribution in [1.29, 1.82) is 0 Å². The molecule has 1 atom stereocenters. The molecule has 0 saturated heterocycles. The fourth-order valence-corrected chi connectivity index (χ4v) is 1.41. The van der Waals surface area contributed by atoms with Crippen molar-refractivity contribution in [3.05, 3.63) is 17.8 Å². The molecule has 0 spiro atoms. The van der Waals surface area contributed by atoms with Crippen LogP contribution in [0.3, 0.4) is 0 Å². The molecule has 2 rings (SSSR count). The predicted molar refractivity (Wildman–Crippen MR) is 50.9 cm³/mol. The van der Waals surface area contributed by atoms with Gasteiger partial charge in [0.2, 0.25) is 5.88 Å². The summed E-state index contributed by atoms with van der Waals surface area (Å²) in [6.07, 6.45) is 2.81. The van der Waals surface area contributed by atoms with Crippen LogP contribution in [0.15, 0.2) is 12.1 Å². The summed E-state index contributed by atoms with van der Waals surface area (Å²) < 4.78 is 4.89. The minimum absolute atomic E-state index is 0.471. The van der Waals surface area contributed by atoms with Crippen molar-refractivity contribution in [3.8, 4) is 5.88 Å². The van der Waals surface area contributed by atoms with Gasteiger partial charge in [-0.25, -0.2) is 0 Å². The summed E-state index contributed by atoms with van der Waals surface area (Å²) in [4.78, 5) is 0. The van der Waals surface area contributed by atoms with Crippen molar-refractivity contribution in [2.45, 2.75) is 25.4 Å². The van der Waals surface area contributed by atoms with Gasteiger partial charge in [0.25, 0.3) is 0 Å². The van der Waals surface area contributed by atoms with Gasteiger partial charge in [0.05, 0.1) is 18.9 Å². The van der Waals surface area contributed by atoms with Crippen molar-refractivity contribution < 1.29 is 9.84 Å². The Morgan fingerprint density at radius 2 is 2.29 bits per heavy atom. The molecule has 1 heterocycles. The third kappa shape index (κ3) is 2.20. The average molecular weight is 194 g/mol. The summed E-state index contributed by atoms with van der Waals surface area (Å²) in [5.41, 5.74) is 0.637. The molecular weight excluding hydrogens is 180 g/mol. The van der Waals surface area contributed by atoms with Crippen molar-refractivity contribution >= 4 is 0 Å². The summed E-state index contributed by atoms with van der Waals surface area (Å²) in [7, 11) is 1.55. The summed E-state index contributed by atoms with van der Waals surface area (Å²) in [6.45, 7) is 0. The Bertz CT molecular complexity index is 295. The lowest BCUT2D eigenvalue weighted by Crippen LogP contribution is -2.03. The summed E-state index contributed by atoms with van der Waals surface area (Å²) in [6, 6.07) is 3.48. The first kappa shape index (κ1) is 9.40. The fourth-order valence-electron chi connectivity index (χ4n) is 1.41. The number of aliphatic hydroxyl groups excluding tert-OH is 1. The molecule has 1 aliphatic rings. The summed E-state index contributed by atoms with van der Waals surface area (Å²) >= 11 is 0. The zero-order chi connectivity index (χ0) is 9.97. The molecule has 4 nitrogen and oxygen atoms in total. The highest BCUT2D eigenvalue weighted by Gasteiger charge is 2.25. The van der Waals surface area contributed by atoms with E-state index in [1.165, 1.54) is 12.8 Å². The highest BCUT2D eigenvalue weighted by molar-refractivity contribution is 5.13. The Morgan fingerprint density at radius 1 is 1.50 bits per heavy atom. The van der Waals surface area contributed by atoms with Crippen LogP contribution < -0.4 is 4.74 Å². The Labute approximate surface area is 82.9 Å². The molecule has 1 unspecified atom stereocenters. The second kappa shape index (κ2) is 3.92. The topological polar surface area (TPSA) is 55.2 Å². The van der Waals surface area contributed by atoms with Gasteiger partial charge in [-0.3, -0.25) is 0 Å². The van der Waals surface area contributed by atoms with Gasteiger partial charge in [-0.05, 0) is 18.4 Å². The monoisotopic (exact) mass is 194 g/mol. The van der Waals surface area contributed by atoms with Crippen LogP contribution in [0.4, 0.5) is 0 Å². The van der Waals surface area contributed by atoms with E-state index < -0.39 is 6.10 Å². The molecule has 0 aliphatic heterocycles. The van der Waals surface area contributed by atoms with E-state index in [1.54, 1.807) is 19.2 Å². The van der Waals surface area contributed by atoms with Gasteiger partial charge in [0.1, 0.15) is 0 Å². The number of aliphatic hydroxyl groups is 1. The molecule has 0 radical (unpaired) electrons.